The molecule has 1 heterocycles. The second kappa shape index (κ2) is 8.62. The minimum atomic E-state index is -5.70. The lowest BCUT2D eigenvalue weighted by Crippen LogP contribution is -2.49. The number of halogens is 6. The van der Waals surface area contributed by atoms with Gasteiger partial charge in [0.15, 0.2) is 0 Å². The fourth-order valence-corrected chi connectivity index (χ4v) is 2.21. The third-order valence-corrected chi connectivity index (χ3v) is 3.43. The molecule has 0 radical (unpaired) electrons. The van der Waals surface area contributed by atoms with Gasteiger partial charge in [0.25, 0.3) is 6.10 Å². The first-order valence-corrected chi connectivity index (χ1v) is 7.61. The van der Waals surface area contributed by atoms with Crippen LogP contribution in [0.5, 0.6) is 0 Å². The molecule has 0 aromatic heterocycles. The lowest BCUT2D eigenvalue weighted by Gasteiger charge is -2.32. The van der Waals surface area contributed by atoms with Crippen molar-refractivity contribution >= 4 is 6.09 Å². The zero-order valence-electron chi connectivity index (χ0n) is 14.3. The second-order valence-corrected chi connectivity index (χ2v) is 5.48. The molecule has 0 unspecified atom stereocenters. The Kier molecular flexibility index (Phi) is 8.11. The smallest absolute Gasteiger partial charge is 0.426 e. The zero-order valence-corrected chi connectivity index (χ0v) is 14.3. The standard InChI is InChI=1S/C13H17F6NO2.C2H6/c1-7(2)9-6-20(5-4-8(9)3)11(21)22-10(12(14,15)16)13(17,18)19;1-2/h7,10H,4-6H2,1-3H3;1-2H3. The molecule has 0 bridgehead atoms. The average Bonchev–Trinajstić information content (AvgIpc) is 2.44. The van der Waals surface area contributed by atoms with E-state index in [-0.39, 0.29) is 19.0 Å². The van der Waals surface area contributed by atoms with Crippen molar-refractivity contribution in [3.05, 3.63) is 11.1 Å². The lowest BCUT2D eigenvalue weighted by atomic mass is 9.93. The molecule has 0 aliphatic carbocycles. The van der Waals surface area contributed by atoms with E-state index in [2.05, 4.69) is 4.74 Å². The Labute approximate surface area is 137 Å². The number of amides is 1. The first kappa shape index (κ1) is 22.6. The van der Waals surface area contributed by atoms with E-state index in [1.165, 1.54) is 0 Å². The molecule has 1 rings (SSSR count). The van der Waals surface area contributed by atoms with Crippen LogP contribution in [0.15, 0.2) is 11.1 Å². The van der Waals surface area contributed by atoms with E-state index in [9.17, 15) is 31.1 Å². The highest BCUT2D eigenvalue weighted by Gasteiger charge is 2.60. The minimum absolute atomic E-state index is 0.0230. The summed E-state index contributed by atoms with van der Waals surface area (Å²) in [6.07, 6.45) is -16.7. The van der Waals surface area contributed by atoms with Gasteiger partial charge in [0.05, 0.1) is 0 Å². The van der Waals surface area contributed by atoms with E-state index in [4.69, 9.17) is 0 Å². The van der Waals surface area contributed by atoms with Crippen LogP contribution < -0.4 is 0 Å². The maximum atomic E-state index is 12.4. The first-order chi connectivity index (χ1) is 10.8. The van der Waals surface area contributed by atoms with Crippen LogP contribution in [-0.4, -0.2) is 42.5 Å². The summed E-state index contributed by atoms with van der Waals surface area (Å²) in [6.45, 7) is 9.50. The molecule has 1 amide bonds. The topological polar surface area (TPSA) is 29.5 Å². The highest BCUT2D eigenvalue weighted by molar-refractivity contribution is 5.68. The molecule has 0 spiro atoms. The van der Waals surface area contributed by atoms with Gasteiger partial charge in [0, 0.05) is 13.1 Å². The Morgan fingerprint density at radius 2 is 1.54 bits per heavy atom. The maximum absolute atomic E-state index is 12.4. The number of nitrogens with zero attached hydrogens (tertiary/aromatic N) is 1. The fourth-order valence-electron chi connectivity index (χ4n) is 2.21. The van der Waals surface area contributed by atoms with Crippen molar-refractivity contribution in [3.8, 4) is 0 Å². The molecule has 0 fully saturated rings. The molecule has 0 N–H and O–H groups in total. The molecule has 142 valence electrons. The number of alkyl halides is 6. The largest absolute Gasteiger partial charge is 0.434 e. The maximum Gasteiger partial charge on any atom is 0.434 e. The van der Waals surface area contributed by atoms with Crippen LogP contribution in [0.4, 0.5) is 31.1 Å². The van der Waals surface area contributed by atoms with Crippen molar-refractivity contribution in [2.45, 2.75) is 59.5 Å². The highest BCUT2D eigenvalue weighted by atomic mass is 19.4. The van der Waals surface area contributed by atoms with Gasteiger partial charge in [-0.25, -0.2) is 4.79 Å². The second-order valence-electron chi connectivity index (χ2n) is 5.48. The number of ether oxygens (including phenoxy) is 1. The van der Waals surface area contributed by atoms with Gasteiger partial charge >= 0.3 is 18.4 Å². The van der Waals surface area contributed by atoms with Crippen molar-refractivity contribution in [3.63, 3.8) is 0 Å². The fraction of sp³-hybridized carbons (Fsp3) is 0.800. The molecular weight excluding hydrogens is 340 g/mol. The average molecular weight is 363 g/mol. The Bertz CT molecular complexity index is 440. The zero-order chi connectivity index (χ0) is 19.3. The molecule has 9 heteroatoms. The quantitative estimate of drug-likeness (QED) is 0.491. The minimum Gasteiger partial charge on any atom is -0.426 e. The van der Waals surface area contributed by atoms with E-state index in [1.54, 1.807) is 0 Å². The van der Waals surface area contributed by atoms with Crippen molar-refractivity contribution in [2.24, 2.45) is 5.92 Å². The number of hydrogen-bond donors (Lipinski definition) is 0. The van der Waals surface area contributed by atoms with Crippen LogP contribution >= 0.6 is 0 Å². The molecule has 0 saturated carbocycles. The van der Waals surface area contributed by atoms with Gasteiger partial charge in [-0.3, -0.25) is 0 Å². The third-order valence-electron chi connectivity index (χ3n) is 3.43. The van der Waals surface area contributed by atoms with Gasteiger partial charge in [0.2, 0.25) is 0 Å². The molecule has 0 aromatic carbocycles. The molecule has 0 aromatic rings. The van der Waals surface area contributed by atoms with E-state index in [0.29, 0.717) is 6.42 Å². The summed E-state index contributed by atoms with van der Waals surface area (Å²) >= 11 is 0. The van der Waals surface area contributed by atoms with E-state index >= 15 is 0 Å². The SMILES string of the molecule is CC.CC1=C(C(C)C)CN(C(=O)OC(C(F)(F)F)C(F)(F)F)CC1. The van der Waals surface area contributed by atoms with Crippen LogP contribution in [0, 0.1) is 5.92 Å². The number of hydrogen-bond acceptors (Lipinski definition) is 2. The summed E-state index contributed by atoms with van der Waals surface area (Å²) in [5.41, 5.74) is 1.81. The van der Waals surface area contributed by atoms with Gasteiger partial charge in [-0.05, 0) is 24.8 Å². The molecule has 0 saturated heterocycles. The van der Waals surface area contributed by atoms with Crippen molar-refractivity contribution in [1.82, 2.24) is 4.90 Å². The number of rotatable bonds is 2. The Morgan fingerprint density at radius 3 is 1.92 bits per heavy atom. The van der Waals surface area contributed by atoms with E-state index in [1.807, 2.05) is 34.6 Å². The lowest BCUT2D eigenvalue weighted by molar-refractivity contribution is -0.308. The third kappa shape index (κ3) is 6.24. The molecule has 3 nitrogen and oxygen atoms in total. The Balaban J connectivity index is 0.00000254. The number of carbonyl (C=O) groups excluding carboxylic acids is 1. The number of carbonyl (C=O) groups is 1. The first-order valence-electron chi connectivity index (χ1n) is 7.61. The summed E-state index contributed by atoms with van der Waals surface area (Å²) in [5.74, 6) is 0.0385. The van der Waals surface area contributed by atoms with Crippen molar-refractivity contribution in [1.29, 1.82) is 0 Å². The Hall–Kier alpha value is -1.41. The monoisotopic (exact) mass is 363 g/mol. The molecule has 1 aliphatic heterocycles. The van der Waals surface area contributed by atoms with E-state index in [0.717, 1.165) is 16.0 Å². The summed E-state index contributed by atoms with van der Waals surface area (Å²) in [7, 11) is 0. The van der Waals surface area contributed by atoms with Crippen molar-refractivity contribution < 1.29 is 35.9 Å². The summed E-state index contributed by atoms with van der Waals surface area (Å²) in [4.78, 5) is 12.5. The predicted molar refractivity (Wildman–Crippen MR) is 77.5 cm³/mol. The van der Waals surface area contributed by atoms with Crippen LogP contribution in [0.3, 0.4) is 0 Å². The van der Waals surface area contributed by atoms with E-state index < -0.39 is 24.5 Å². The van der Waals surface area contributed by atoms with Crippen molar-refractivity contribution in [2.75, 3.05) is 13.1 Å². The van der Waals surface area contributed by atoms with Crippen LogP contribution in [-0.2, 0) is 4.74 Å². The molecule has 0 atom stereocenters. The predicted octanol–water partition coefficient (Wildman–Crippen LogP) is 5.32. The summed E-state index contributed by atoms with van der Waals surface area (Å²) in [5, 5.41) is 0. The molecule has 24 heavy (non-hydrogen) atoms. The summed E-state index contributed by atoms with van der Waals surface area (Å²) < 4.78 is 78.0. The van der Waals surface area contributed by atoms with Crippen LogP contribution in [0.2, 0.25) is 0 Å². The highest BCUT2D eigenvalue weighted by Crippen LogP contribution is 2.36. The molecule has 1 aliphatic rings. The van der Waals surface area contributed by atoms with Gasteiger partial charge < -0.3 is 9.64 Å². The van der Waals surface area contributed by atoms with Gasteiger partial charge in [-0.2, -0.15) is 26.3 Å². The van der Waals surface area contributed by atoms with Crippen LogP contribution in [0.25, 0.3) is 0 Å². The normalized spacial score (nSPS) is 16.3. The molecular formula is C15H23F6NO2. The Morgan fingerprint density at radius 1 is 1.08 bits per heavy atom. The van der Waals surface area contributed by atoms with Gasteiger partial charge in [-0.15, -0.1) is 0 Å². The van der Waals surface area contributed by atoms with Crippen LogP contribution in [0.1, 0.15) is 41.0 Å². The van der Waals surface area contributed by atoms with Gasteiger partial charge in [-0.1, -0.05) is 33.3 Å². The van der Waals surface area contributed by atoms with Gasteiger partial charge in [0.1, 0.15) is 0 Å². The summed E-state index contributed by atoms with van der Waals surface area (Å²) in [6, 6.07) is 0.